The zero-order valence-electron chi connectivity index (χ0n) is 16.3. The molecule has 4 rings (SSSR count). The molecule has 5 nitrogen and oxygen atoms in total. The summed E-state index contributed by atoms with van der Waals surface area (Å²) >= 11 is 6.24. The van der Waals surface area contributed by atoms with Gasteiger partial charge in [-0.15, -0.1) is 0 Å². The van der Waals surface area contributed by atoms with Gasteiger partial charge in [-0.05, 0) is 30.3 Å². The highest BCUT2D eigenvalue weighted by molar-refractivity contribution is 6.31. The van der Waals surface area contributed by atoms with Crippen molar-refractivity contribution in [2.24, 2.45) is 0 Å². The summed E-state index contributed by atoms with van der Waals surface area (Å²) in [5, 5.41) is 1.53. The molecule has 146 valence electrons. The van der Waals surface area contributed by atoms with Gasteiger partial charge >= 0.3 is 0 Å². The predicted octanol–water partition coefficient (Wildman–Crippen LogP) is 5.64. The largest absolute Gasteiger partial charge is 0.493 e. The van der Waals surface area contributed by atoms with Crippen molar-refractivity contribution in [1.82, 2.24) is 9.97 Å². The quantitative estimate of drug-likeness (QED) is 0.429. The fourth-order valence-corrected chi connectivity index (χ4v) is 3.43. The Labute approximate surface area is 173 Å². The molecule has 6 heteroatoms. The maximum atomic E-state index is 6.24. The van der Waals surface area contributed by atoms with Gasteiger partial charge in [0.1, 0.15) is 0 Å². The molecule has 0 N–H and O–H groups in total. The molecule has 1 heterocycles. The van der Waals surface area contributed by atoms with Gasteiger partial charge in [0.15, 0.2) is 17.3 Å². The zero-order valence-corrected chi connectivity index (χ0v) is 17.0. The number of benzene rings is 3. The normalized spacial score (nSPS) is 10.8. The molecule has 4 aromatic rings. The molecule has 1 aromatic heterocycles. The zero-order chi connectivity index (χ0) is 20.4. The van der Waals surface area contributed by atoms with Gasteiger partial charge in [-0.2, -0.15) is 0 Å². The van der Waals surface area contributed by atoms with Crippen molar-refractivity contribution in [2.75, 3.05) is 21.3 Å². The molecule has 0 unspecified atom stereocenters. The van der Waals surface area contributed by atoms with Crippen molar-refractivity contribution in [2.45, 2.75) is 0 Å². The third-order valence-electron chi connectivity index (χ3n) is 4.63. The molecule has 0 atom stereocenters. The van der Waals surface area contributed by atoms with E-state index in [4.69, 9.17) is 35.8 Å². The van der Waals surface area contributed by atoms with Crippen molar-refractivity contribution in [3.05, 3.63) is 65.7 Å². The molecular weight excluding hydrogens is 388 g/mol. The second-order valence-corrected chi connectivity index (χ2v) is 6.77. The third kappa shape index (κ3) is 3.57. The highest BCUT2D eigenvalue weighted by Gasteiger charge is 2.17. The molecular formula is C23H19ClN2O3. The Morgan fingerprint density at radius 3 is 2.03 bits per heavy atom. The number of methoxy groups -OCH3 is 3. The van der Waals surface area contributed by atoms with Crippen LogP contribution in [-0.4, -0.2) is 31.3 Å². The van der Waals surface area contributed by atoms with Crippen LogP contribution in [0.25, 0.3) is 33.5 Å². The van der Waals surface area contributed by atoms with E-state index in [0.717, 1.165) is 27.7 Å². The van der Waals surface area contributed by atoms with E-state index < -0.39 is 0 Å². The van der Waals surface area contributed by atoms with Crippen molar-refractivity contribution < 1.29 is 14.2 Å². The molecule has 0 aliphatic heterocycles. The maximum Gasteiger partial charge on any atom is 0.203 e. The Hall–Kier alpha value is -3.31. The summed E-state index contributed by atoms with van der Waals surface area (Å²) in [5.41, 5.74) is 3.35. The number of aromatic nitrogens is 2. The van der Waals surface area contributed by atoms with Gasteiger partial charge < -0.3 is 14.2 Å². The van der Waals surface area contributed by atoms with Crippen LogP contribution in [0.4, 0.5) is 0 Å². The Bertz CT molecular complexity index is 1150. The average Bonchev–Trinajstić information content (AvgIpc) is 2.77. The first kappa shape index (κ1) is 19.0. The Kier molecular flexibility index (Phi) is 5.23. The number of rotatable bonds is 5. The van der Waals surface area contributed by atoms with Crippen LogP contribution < -0.4 is 14.2 Å². The van der Waals surface area contributed by atoms with E-state index in [0.29, 0.717) is 28.1 Å². The Balaban J connectivity index is 1.99. The molecule has 0 bridgehead atoms. The summed E-state index contributed by atoms with van der Waals surface area (Å²) in [7, 11) is 4.74. The first-order chi connectivity index (χ1) is 14.1. The SMILES string of the molecule is COc1cc(-c2nc(-c3ccccc3)c3cc(Cl)ccc3n2)cc(OC)c1OC. The van der Waals surface area contributed by atoms with Crippen molar-refractivity contribution in [3.63, 3.8) is 0 Å². The lowest BCUT2D eigenvalue weighted by Crippen LogP contribution is -1.99. The van der Waals surface area contributed by atoms with Gasteiger partial charge in [0.25, 0.3) is 0 Å². The molecule has 0 aliphatic rings. The molecule has 0 saturated heterocycles. The van der Waals surface area contributed by atoms with E-state index in [1.807, 2.05) is 60.7 Å². The van der Waals surface area contributed by atoms with Crippen LogP contribution in [0.1, 0.15) is 0 Å². The van der Waals surface area contributed by atoms with Crippen molar-refractivity contribution in [3.8, 4) is 39.9 Å². The van der Waals surface area contributed by atoms with Crippen LogP contribution in [0, 0.1) is 0 Å². The fraction of sp³-hybridized carbons (Fsp3) is 0.130. The van der Waals surface area contributed by atoms with Gasteiger partial charge in [-0.1, -0.05) is 41.9 Å². The minimum absolute atomic E-state index is 0.523. The Morgan fingerprint density at radius 2 is 1.41 bits per heavy atom. The summed E-state index contributed by atoms with van der Waals surface area (Å²) < 4.78 is 16.4. The minimum Gasteiger partial charge on any atom is -0.493 e. The molecule has 0 saturated carbocycles. The summed E-state index contributed by atoms with van der Waals surface area (Å²) in [6.45, 7) is 0. The molecule has 0 amide bonds. The summed E-state index contributed by atoms with van der Waals surface area (Å²) in [6, 6.07) is 19.2. The van der Waals surface area contributed by atoms with Gasteiger partial charge in [0.05, 0.1) is 32.5 Å². The van der Waals surface area contributed by atoms with Gasteiger partial charge in [-0.3, -0.25) is 0 Å². The van der Waals surface area contributed by atoms with Crippen LogP contribution in [0.3, 0.4) is 0 Å². The second kappa shape index (κ2) is 7.97. The number of hydrogen-bond donors (Lipinski definition) is 0. The summed E-state index contributed by atoms with van der Waals surface area (Å²) in [5.74, 6) is 2.17. The number of ether oxygens (including phenoxy) is 3. The van der Waals surface area contributed by atoms with Crippen LogP contribution in [0.2, 0.25) is 5.02 Å². The number of nitrogens with zero attached hydrogens (tertiary/aromatic N) is 2. The first-order valence-corrected chi connectivity index (χ1v) is 9.35. The lowest BCUT2D eigenvalue weighted by Gasteiger charge is -2.15. The highest BCUT2D eigenvalue weighted by atomic mass is 35.5. The third-order valence-corrected chi connectivity index (χ3v) is 4.86. The predicted molar refractivity (Wildman–Crippen MR) is 115 cm³/mol. The molecule has 0 aliphatic carbocycles. The van der Waals surface area contributed by atoms with Gasteiger partial charge in [0.2, 0.25) is 5.75 Å². The smallest absolute Gasteiger partial charge is 0.203 e. The molecule has 0 fully saturated rings. The monoisotopic (exact) mass is 406 g/mol. The molecule has 0 radical (unpaired) electrons. The average molecular weight is 407 g/mol. The second-order valence-electron chi connectivity index (χ2n) is 6.34. The van der Waals surface area contributed by atoms with E-state index in [1.165, 1.54) is 0 Å². The van der Waals surface area contributed by atoms with Gasteiger partial charge in [-0.25, -0.2) is 9.97 Å². The van der Waals surface area contributed by atoms with E-state index >= 15 is 0 Å². The van der Waals surface area contributed by atoms with Crippen LogP contribution in [0.5, 0.6) is 17.2 Å². The van der Waals surface area contributed by atoms with Crippen LogP contribution >= 0.6 is 11.6 Å². The van der Waals surface area contributed by atoms with Crippen LogP contribution in [0.15, 0.2) is 60.7 Å². The van der Waals surface area contributed by atoms with E-state index in [-0.39, 0.29) is 0 Å². The number of hydrogen-bond acceptors (Lipinski definition) is 5. The van der Waals surface area contributed by atoms with E-state index in [1.54, 1.807) is 21.3 Å². The number of fused-ring (bicyclic) bond motifs is 1. The summed E-state index contributed by atoms with van der Waals surface area (Å²) in [6.07, 6.45) is 0. The molecule has 29 heavy (non-hydrogen) atoms. The van der Waals surface area contributed by atoms with E-state index in [2.05, 4.69) is 0 Å². The molecule has 3 aromatic carbocycles. The lowest BCUT2D eigenvalue weighted by atomic mass is 10.1. The fourth-order valence-electron chi connectivity index (χ4n) is 3.26. The first-order valence-electron chi connectivity index (χ1n) is 8.97. The van der Waals surface area contributed by atoms with E-state index in [9.17, 15) is 0 Å². The van der Waals surface area contributed by atoms with Crippen LogP contribution in [-0.2, 0) is 0 Å². The standard InChI is InChI=1S/C23H19ClN2O3/c1-27-19-11-15(12-20(28-2)22(19)29-3)23-25-18-10-9-16(24)13-17(18)21(26-23)14-7-5-4-6-8-14/h4-13H,1-3H3. The number of halogens is 1. The molecule has 0 spiro atoms. The lowest BCUT2D eigenvalue weighted by molar-refractivity contribution is 0.324. The highest BCUT2D eigenvalue weighted by Crippen LogP contribution is 2.41. The van der Waals surface area contributed by atoms with Gasteiger partial charge in [0, 0.05) is 21.5 Å². The topological polar surface area (TPSA) is 53.5 Å². The minimum atomic E-state index is 0.523. The summed E-state index contributed by atoms with van der Waals surface area (Å²) in [4.78, 5) is 9.62. The maximum absolute atomic E-state index is 6.24. The Morgan fingerprint density at radius 1 is 0.724 bits per heavy atom. The van der Waals surface area contributed by atoms with Crippen molar-refractivity contribution in [1.29, 1.82) is 0 Å². The van der Waals surface area contributed by atoms with Crippen molar-refractivity contribution >= 4 is 22.5 Å².